The highest BCUT2D eigenvalue weighted by atomic mass is 16.3. The van der Waals surface area contributed by atoms with Gasteiger partial charge < -0.3 is 15.7 Å². The fourth-order valence-corrected chi connectivity index (χ4v) is 2.96. The van der Waals surface area contributed by atoms with Gasteiger partial charge in [0.25, 0.3) is 0 Å². The molecule has 0 spiro atoms. The summed E-state index contributed by atoms with van der Waals surface area (Å²) in [6.45, 7) is 0.508. The molecule has 3 rings (SSSR count). The summed E-state index contributed by atoms with van der Waals surface area (Å²) in [6, 6.07) is 23.0. The Hall–Kier alpha value is -3.18. The van der Waals surface area contributed by atoms with Crippen molar-refractivity contribution < 1.29 is 14.7 Å². The van der Waals surface area contributed by atoms with Gasteiger partial charge in [0.15, 0.2) is 0 Å². The Labute approximate surface area is 158 Å². The quantitative estimate of drug-likeness (QED) is 0.590. The zero-order chi connectivity index (χ0) is 19.1. The number of amides is 2. The third-order valence-electron chi connectivity index (χ3n) is 4.39. The summed E-state index contributed by atoms with van der Waals surface area (Å²) < 4.78 is 0. The molecular formula is C22H22N2O3. The molecule has 5 nitrogen and oxygen atoms in total. The molecule has 0 saturated heterocycles. The van der Waals surface area contributed by atoms with E-state index in [9.17, 15) is 14.7 Å². The Morgan fingerprint density at radius 1 is 0.815 bits per heavy atom. The fourth-order valence-electron chi connectivity index (χ4n) is 2.96. The van der Waals surface area contributed by atoms with Gasteiger partial charge in [0.05, 0.1) is 6.10 Å². The van der Waals surface area contributed by atoms with E-state index in [1.807, 2.05) is 72.8 Å². The van der Waals surface area contributed by atoms with E-state index in [0.717, 1.165) is 21.9 Å². The van der Waals surface area contributed by atoms with Crippen LogP contribution in [-0.2, 0) is 16.1 Å². The van der Waals surface area contributed by atoms with Crippen LogP contribution >= 0.6 is 0 Å². The molecule has 0 aromatic heterocycles. The van der Waals surface area contributed by atoms with Crippen LogP contribution in [0.3, 0.4) is 0 Å². The van der Waals surface area contributed by atoms with Crippen LogP contribution in [0.4, 0.5) is 0 Å². The number of hydrogen-bond donors (Lipinski definition) is 3. The molecule has 138 valence electrons. The molecular weight excluding hydrogens is 340 g/mol. The van der Waals surface area contributed by atoms with Crippen LogP contribution in [0.25, 0.3) is 10.8 Å². The van der Waals surface area contributed by atoms with Gasteiger partial charge >= 0.3 is 11.8 Å². The van der Waals surface area contributed by atoms with Crippen molar-refractivity contribution in [1.82, 2.24) is 10.6 Å². The van der Waals surface area contributed by atoms with E-state index >= 15 is 0 Å². The van der Waals surface area contributed by atoms with Crippen molar-refractivity contribution in [3.8, 4) is 0 Å². The number of aliphatic hydroxyl groups is 1. The fraction of sp³-hybridized carbons (Fsp3) is 0.182. The second kappa shape index (κ2) is 8.96. The maximum absolute atomic E-state index is 11.9. The summed E-state index contributed by atoms with van der Waals surface area (Å²) in [5.74, 6) is -1.38. The lowest BCUT2D eigenvalue weighted by Crippen LogP contribution is -2.40. The van der Waals surface area contributed by atoms with Crippen molar-refractivity contribution in [3.63, 3.8) is 0 Å². The van der Waals surface area contributed by atoms with E-state index in [0.29, 0.717) is 13.0 Å². The van der Waals surface area contributed by atoms with Gasteiger partial charge in [-0.05, 0) is 28.3 Å². The molecule has 0 bridgehead atoms. The van der Waals surface area contributed by atoms with E-state index in [1.54, 1.807) is 0 Å². The summed E-state index contributed by atoms with van der Waals surface area (Å²) in [6.07, 6.45) is -0.394. The van der Waals surface area contributed by atoms with Gasteiger partial charge in [0, 0.05) is 13.1 Å². The third kappa shape index (κ3) is 4.92. The van der Waals surface area contributed by atoms with Gasteiger partial charge in [-0.15, -0.1) is 0 Å². The van der Waals surface area contributed by atoms with E-state index in [-0.39, 0.29) is 6.54 Å². The van der Waals surface area contributed by atoms with E-state index in [1.165, 1.54) is 0 Å². The molecule has 1 unspecified atom stereocenters. The third-order valence-corrected chi connectivity index (χ3v) is 4.39. The first-order chi connectivity index (χ1) is 13.1. The second-order valence-electron chi connectivity index (χ2n) is 6.30. The number of carbonyl (C=O) groups excluding carboxylic acids is 2. The van der Waals surface area contributed by atoms with Crippen molar-refractivity contribution in [3.05, 3.63) is 83.9 Å². The summed E-state index contributed by atoms with van der Waals surface area (Å²) in [5.41, 5.74) is 1.74. The predicted molar refractivity (Wildman–Crippen MR) is 105 cm³/mol. The van der Waals surface area contributed by atoms with Crippen molar-refractivity contribution >= 4 is 22.6 Å². The summed E-state index contributed by atoms with van der Waals surface area (Å²) >= 11 is 0. The normalized spacial score (nSPS) is 11.7. The zero-order valence-electron chi connectivity index (χ0n) is 14.9. The maximum atomic E-state index is 11.9. The molecule has 0 aliphatic heterocycles. The molecule has 0 heterocycles. The summed E-state index contributed by atoms with van der Waals surface area (Å²) in [4.78, 5) is 23.7. The summed E-state index contributed by atoms with van der Waals surface area (Å²) in [5, 5.41) is 17.6. The lowest BCUT2D eigenvalue weighted by atomic mass is 9.99. The number of fused-ring (bicyclic) bond motifs is 1. The minimum atomic E-state index is -0.719. The number of rotatable bonds is 6. The molecule has 3 aromatic carbocycles. The number of carbonyl (C=O) groups is 2. The van der Waals surface area contributed by atoms with Crippen LogP contribution in [-0.4, -0.2) is 23.5 Å². The number of nitrogens with one attached hydrogen (secondary N) is 2. The van der Waals surface area contributed by atoms with Gasteiger partial charge in [0.2, 0.25) is 0 Å². The summed E-state index contributed by atoms with van der Waals surface area (Å²) in [7, 11) is 0. The lowest BCUT2D eigenvalue weighted by molar-refractivity contribution is -0.139. The monoisotopic (exact) mass is 362 g/mol. The Morgan fingerprint density at radius 2 is 1.48 bits per heavy atom. The average Bonchev–Trinajstić information content (AvgIpc) is 2.72. The molecule has 0 aliphatic rings. The molecule has 3 aromatic rings. The van der Waals surface area contributed by atoms with Crippen molar-refractivity contribution in [2.45, 2.75) is 19.1 Å². The first kappa shape index (κ1) is 18.6. The molecule has 0 saturated carbocycles. The highest BCUT2D eigenvalue weighted by Crippen LogP contribution is 2.25. The van der Waals surface area contributed by atoms with E-state index in [4.69, 9.17) is 0 Å². The molecule has 2 amide bonds. The molecule has 5 heteroatoms. The Morgan fingerprint density at radius 3 is 2.30 bits per heavy atom. The Kier molecular flexibility index (Phi) is 6.18. The van der Waals surface area contributed by atoms with Crippen LogP contribution in [0.1, 0.15) is 23.7 Å². The van der Waals surface area contributed by atoms with Gasteiger partial charge in [-0.2, -0.15) is 0 Å². The minimum absolute atomic E-state index is 0.210. The standard InChI is InChI=1S/C22H22N2O3/c25-20(19-12-6-10-17-9-4-5-11-18(17)19)13-14-23-21(26)22(27)24-15-16-7-2-1-3-8-16/h1-12,20,25H,13-15H2,(H,23,26)(H,24,27). The Bertz CT molecular complexity index is 920. The van der Waals surface area contributed by atoms with Crippen molar-refractivity contribution in [2.24, 2.45) is 0 Å². The number of hydrogen-bond acceptors (Lipinski definition) is 3. The molecule has 0 fully saturated rings. The van der Waals surface area contributed by atoms with Crippen molar-refractivity contribution in [2.75, 3.05) is 6.54 Å². The van der Waals surface area contributed by atoms with Crippen LogP contribution in [0, 0.1) is 0 Å². The van der Waals surface area contributed by atoms with Gasteiger partial charge in [-0.3, -0.25) is 9.59 Å². The molecule has 0 aliphatic carbocycles. The van der Waals surface area contributed by atoms with E-state index < -0.39 is 17.9 Å². The van der Waals surface area contributed by atoms with Gasteiger partial charge in [0.1, 0.15) is 0 Å². The van der Waals surface area contributed by atoms with E-state index in [2.05, 4.69) is 10.6 Å². The Balaban J connectivity index is 1.48. The molecule has 27 heavy (non-hydrogen) atoms. The van der Waals surface area contributed by atoms with Crippen LogP contribution in [0.2, 0.25) is 0 Å². The first-order valence-corrected chi connectivity index (χ1v) is 8.91. The largest absolute Gasteiger partial charge is 0.388 e. The predicted octanol–water partition coefficient (Wildman–Crippen LogP) is 2.70. The number of aliphatic hydroxyl groups excluding tert-OH is 1. The average molecular weight is 362 g/mol. The first-order valence-electron chi connectivity index (χ1n) is 8.91. The van der Waals surface area contributed by atoms with Crippen LogP contribution < -0.4 is 10.6 Å². The SMILES string of the molecule is O=C(NCCC(O)c1cccc2ccccc12)C(=O)NCc1ccccc1. The maximum Gasteiger partial charge on any atom is 0.309 e. The van der Waals surface area contributed by atoms with Crippen molar-refractivity contribution in [1.29, 1.82) is 0 Å². The number of benzene rings is 3. The van der Waals surface area contributed by atoms with Crippen LogP contribution in [0.15, 0.2) is 72.8 Å². The lowest BCUT2D eigenvalue weighted by Gasteiger charge is -2.14. The molecule has 0 radical (unpaired) electrons. The topological polar surface area (TPSA) is 78.4 Å². The highest BCUT2D eigenvalue weighted by Gasteiger charge is 2.15. The molecule has 3 N–H and O–H groups in total. The minimum Gasteiger partial charge on any atom is -0.388 e. The van der Waals surface area contributed by atoms with Gasteiger partial charge in [-0.25, -0.2) is 0 Å². The zero-order valence-corrected chi connectivity index (χ0v) is 14.9. The highest BCUT2D eigenvalue weighted by molar-refractivity contribution is 6.35. The second-order valence-corrected chi connectivity index (χ2v) is 6.30. The molecule has 1 atom stereocenters. The smallest absolute Gasteiger partial charge is 0.309 e. The van der Waals surface area contributed by atoms with Crippen LogP contribution in [0.5, 0.6) is 0 Å². The van der Waals surface area contributed by atoms with Gasteiger partial charge in [-0.1, -0.05) is 72.8 Å².